The minimum atomic E-state index is -0.674. The number of hydrogen-bond acceptors (Lipinski definition) is 4. The molecule has 0 radical (unpaired) electrons. The zero-order valence-electron chi connectivity index (χ0n) is 12.8. The van der Waals surface area contributed by atoms with Gasteiger partial charge in [0.05, 0.1) is 4.88 Å². The van der Waals surface area contributed by atoms with E-state index >= 15 is 0 Å². The quantitative estimate of drug-likeness (QED) is 0.886. The predicted molar refractivity (Wildman–Crippen MR) is 95.9 cm³/mol. The number of nitrogens with zero attached hydrogens (tertiary/aromatic N) is 1. The van der Waals surface area contributed by atoms with Crippen molar-refractivity contribution in [3.05, 3.63) is 36.5 Å². The normalized spacial score (nSPS) is 23.1. The van der Waals surface area contributed by atoms with Crippen molar-refractivity contribution in [2.75, 3.05) is 11.1 Å². The maximum Gasteiger partial charge on any atom is 0.183 e. The smallest absolute Gasteiger partial charge is 0.183 e. The van der Waals surface area contributed by atoms with Gasteiger partial charge >= 0.3 is 0 Å². The molecular weight excluding hydrogens is 312 g/mol. The number of thiazole rings is 1. The fourth-order valence-electron chi connectivity index (χ4n) is 3.00. The fraction of sp³-hybridized carbons (Fsp3) is 0.471. The SMILES string of the molecule is CCS(=O)C1CCCC(Nc2ncc(-c3ccccc3)s2)C1. The van der Waals surface area contributed by atoms with Crippen LogP contribution in [-0.2, 0) is 10.8 Å². The van der Waals surface area contributed by atoms with E-state index in [1.165, 1.54) is 10.4 Å². The number of rotatable bonds is 5. The number of benzene rings is 1. The van der Waals surface area contributed by atoms with E-state index in [0.717, 1.165) is 36.6 Å². The predicted octanol–water partition coefficient (Wildman–Crippen LogP) is 4.30. The molecule has 22 heavy (non-hydrogen) atoms. The van der Waals surface area contributed by atoms with Gasteiger partial charge in [0.25, 0.3) is 0 Å². The molecule has 1 aromatic carbocycles. The largest absolute Gasteiger partial charge is 0.359 e. The van der Waals surface area contributed by atoms with Crippen molar-refractivity contribution in [2.45, 2.75) is 43.9 Å². The first kappa shape index (κ1) is 15.7. The van der Waals surface area contributed by atoms with Gasteiger partial charge in [-0.05, 0) is 24.8 Å². The van der Waals surface area contributed by atoms with Crippen LogP contribution >= 0.6 is 11.3 Å². The third-order valence-corrected chi connectivity index (χ3v) is 6.89. The van der Waals surface area contributed by atoms with Crippen LogP contribution in [0.3, 0.4) is 0 Å². The van der Waals surface area contributed by atoms with Gasteiger partial charge in [0.1, 0.15) is 0 Å². The highest BCUT2D eigenvalue weighted by Crippen LogP contribution is 2.31. The maximum absolute atomic E-state index is 12.0. The zero-order chi connectivity index (χ0) is 15.4. The van der Waals surface area contributed by atoms with E-state index in [0.29, 0.717) is 11.3 Å². The van der Waals surface area contributed by atoms with Crippen LogP contribution in [0.1, 0.15) is 32.6 Å². The first-order valence-electron chi connectivity index (χ1n) is 7.91. The van der Waals surface area contributed by atoms with E-state index in [1.54, 1.807) is 11.3 Å². The van der Waals surface area contributed by atoms with Crippen LogP contribution in [0.25, 0.3) is 10.4 Å². The number of nitrogens with one attached hydrogen (secondary N) is 1. The molecule has 3 unspecified atom stereocenters. The number of aromatic nitrogens is 1. The van der Waals surface area contributed by atoms with Crippen molar-refractivity contribution in [2.24, 2.45) is 0 Å². The summed E-state index contributed by atoms with van der Waals surface area (Å²) in [6.45, 7) is 2.01. The van der Waals surface area contributed by atoms with Gasteiger partial charge < -0.3 is 5.32 Å². The lowest BCUT2D eigenvalue weighted by Gasteiger charge is -2.28. The summed E-state index contributed by atoms with van der Waals surface area (Å²) in [5.74, 6) is 0.771. The summed E-state index contributed by atoms with van der Waals surface area (Å²) in [7, 11) is -0.674. The topological polar surface area (TPSA) is 42.0 Å². The molecule has 3 rings (SSSR count). The lowest BCUT2D eigenvalue weighted by molar-refractivity contribution is 0.465. The molecule has 3 nitrogen and oxygen atoms in total. The molecule has 3 atom stereocenters. The van der Waals surface area contributed by atoms with Crippen molar-refractivity contribution >= 4 is 27.3 Å². The Morgan fingerprint density at radius 3 is 2.91 bits per heavy atom. The molecule has 0 saturated heterocycles. The molecule has 1 saturated carbocycles. The second-order valence-corrected chi connectivity index (χ2v) is 8.73. The van der Waals surface area contributed by atoms with Crippen molar-refractivity contribution < 1.29 is 4.21 Å². The molecule has 1 aromatic heterocycles. The summed E-state index contributed by atoms with van der Waals surface area (Å²) in [4.78, 5) is 5.70. The zero-order valence-corrected chi connectivity index (χ0v) is 14.5. The van der Waals surface area contributed by atoms with E-state index < -0.39 is 10.8 Å². The van der Waals surface area contributed by atoms with Crippen LogP contribution in [0, 0.1) is 0 Å². The van der Waals surface area contributed by atoms with Crippen LogP contribution < -0.4 is 5.32 Å². The Hall–Kier alpha value is -1.20. The van der Waals surface area contributed by atoms with Crippen LogP contribution in [0.15, 0.2) is 36.5 Å². The summed E-state index contributed by atoms with van der Waals surface area (Å²) in [5.41, 5.74) is 1.21. The van der Waals surface area contributed by atoms with E-state index in [4.69, 9.17) is 0 Å². The van der Waals surface area contributed by atoms with Gasteiger partial charge in [-0.25, -0.2) is 4.98 Å². The molecule has 1 aliphatic rings. The second kappa shape index (κ2) is 7.38. The minimum absolute atomic E-state index is 0.352. The Kier molecular flexibility index (Phi) is 5.26. The molecule has 5 heteroatoms. The first-order valence-corrected chi connectivity index (χ1v) is 10.1. The summed E-state index contributed by atoms with van der Waals surface area (Å²) in [6.07, 6.45) is 6.35. The van der Waals surface area contributed by atoms with Crippen molar-refractivity contribution in [1.82, 2.24) is 4.98 Å². The van der Waals surface area contributed by atoms with Gasteiger partial charge in [0, 0.05) is 34.0 Å². The van der Waals surface area contributed by atoms with Crippen LogP contribution in [0.2, 0.25) is 0 Å². The molecule has 0 amide bonds. The number of anilines is 1. The Bertz CT molecular complexity index is 627. The van der Waals surface area contributed by atoms with Crippen LogP contribution in [0.4, 0.5) is 5.13 Å². The molecule has 118 valence electrons. The van der Waals surface area contributed by atoms with Crippen molar-refractivity contribution in [1.29, 1.82) is 0 Å². The molecule has 0 spiro atoms. The highest BCUT2D eigenvalue weighted by molar-refractivity contribution is 7.85. The molecule has 0 bridgehead atoms. The summed E-state index contributed by atoms with van der Waals surface area (Å²) in [6, 6.07) is 10.8. The van der Waals surface area contributed by atoms with Crippen LogP contribution in [0.5, 0.6) is 0 Å². The van der Waals surface area contributed by atoms with Gasteiger partial charge in [0.15, 0.2) is 5.13 Å². The molecule has 1 heterocycles. The Balaban J connectivity index is 1.64. The van der Waals surface area contributed by atoms with Gasteiger partial charge in [-0.2, -0.15) is 0 Å². The lowest BCUT2D eigenvalue weighted by Crippen LogP contribution is -2.32. The van der Waals surface area contributed by atoms with E-state index in [2.05, 4.69) is 22.4 Å². The molecule has 2 aromatic rings. The van der Waals surface area contributed by atoms with Crippen molar-refractivity contribution in [3.8, 4) is 10.4 Å². The van der Waals surface area contributed by atoms with Gasteiger partial charge in [-0.15, -0.1) is 0 Å². The summed E-state index contributed by atoms with van der Waals surface area (Å²) < 4.78 is 12.0. The molecule has 1 N–H and O–H groups in total. The van der Waals surface area contributed by atoms with Crippen molar-refractivity contribution in [3.63, 3.8) is 0 Å². The molecule has 1 fully saturated rings. The average molecular weight is 335 g/mol. The highest BCUT2D eigenvalue weighted by atomic mass is 32.2. The summed E-state index contributed by atoms with van der Waals surface area (Å²) >= 11 is 1.70. The monoisotopic (exact) mass is 334 g/mol. The standard InChI is InChI=1S/C17H22N2OS2/c1-2-22(20)15-10-6-9-14(11-15)19-17-18-12-16(21-17)13-7-4-3-5-8-13/h3-5,7-8,12,14-15H,2,6,9-11H2,1H3,(H,18,19). The summed E-state index contributed by atoms with van der Waals surface area (Å²) in [5, 5.41) is 4.88. The van der Waals surface area contributed by atoms with E-state index in [9.17, 15) is 4.21 Å². The van der Waals surface area contributed by atoms with E-state index in [1.807, 2.05) is 31.3 Å². The van der Waals surface area contributed by atoms with Gasteiger partial charge in [0.2, 0.25) is 0 Å². The average Bonchev–Trinajstić information content (AvgIpc) is 3.03. The molecule has 0 aliphatic heterocycles. The first-order chi connectivity index (χ1) is 10.8. The Labute approximate surface area is 138 Å². The van der Waals surface area contributed by atoms with E-state index in [-0.39, 0.29) is 0 Å². The number of hydrogen-bond donors (Lipinski definition) is 1. The third-order valence-electron chi connectivity index (χ3n) is 4.17. The maximum atomic E-state index is 12.0. The van der Waals surface area contributed by atoms with Gasteiger partial charge in [-0.1, -0.05) is 55.0 Å². The fourth-order valence-corrected chi connectivity index (χ4v) is 5.25. The molecular formula is C17H22N2OS2. The van der Waals surface area contributed by atoms with Gasteiger partial charge in [-0.3, -0.25) is 4.21 Å². The van der Waals surface area contributed by atoms with Crippen LogP contribution in [-0.4, -0.2) is 26.2 Å². The minimum Gasteiger partial charge on any atom is -0.359 e. The third kappa shape index (κ3) is 3.76. The molecule has 1 aliphatic carbocycles. The second-order valence-electron chi connectivity index (χ2n) is 5.69. The highest BCUT2D eigenvalue weighted by Gasteiger charge is 2.25. The Morgan fingerprint density at radius 2 is 2.14 bits per heavy atom. The lowest BCUT2D eigenvalue weighted by atomic mass is 9.95. The Morgan fingerprint density at radius 1 is 1.32 bits per heavy atom.